The summed E-state index contributed by atoms with van der Waals surface area (Å²) >= 11 is 13.8. The van der Waals surface area contributed by atoms with Gasteiger partial charge in [0.05, 0.1) is 16.1 Å². The van der Waals surface area contributed by atoms with Crippen LogP contribution in [0.3, 0.4) is 0 Å². The smallest absolute Gasteiger partial charge is 0.251 e. The molecule has 1 unspecified atom stereocenters. The van der Waals surface area contributed by atoms with Gasteiger partial charge in [0, 0.05) is 17.0 Å². The quantitative estimate of drug-likeness (QED) is 0.182. The molecular formula is C30H23Cl2FN4OS. The van der Waals surface area contributed by atoms with Crippen molar-refractivity contribution >= 4 is 40.9 Å². The highest BCUT2D eigenvalue weighted by Gasteiger charge is 2.25. The average Bonchev–Trinajstić information content (AvgIpc) is 3.38. The number of thioether (sulfide) groups is 1. The Morgan fingerprint density at radius 3 is 2.23 bits per heavy atom. The maximum absolute atomic E-state index is 13.5. The third-order valence-corrected chi connectivity index (χ3v) is 7.77. The summed E-state index contributed by atoms with van der Waals surface area (Å²) in [7, 11) is 0. The number of nitrogens with one attached hydrogen (secondary N) is 1. The normalized spacial score (nSPS) is 11.8. The molecule has 196 valence electrons. The van der Waals surface area contributed by atoms with E-state index in [1.807, 2.05) is 77.4 Å². The number of halogens is 3. The minimum Gasteiger partial charge on any atom is -0.342 e. The molecule has 0 fully saturated rings. The third-order valence-electron chi connectivity index (χ3n) is 6.03. The number of hydrogen-bond acceptors (Lipinski definition) is 4. The van der Waals surface area contributed by atoms with Crippen molar-refractivity contribution in [2.75, 3.05) is 0 Å². The van der Waals surface area contributed by atoms with Gasteiger partial charge < -0.3 is 5.32 Å². The number of rotatable bonds is 9. The van der Waals surface area contributed by atoms with Gasteiger partial charge in [-0.05, 0) is 66.1 Å². The van der Waals surface area contributed by atoms with E-state index in [-0.39, 0.29) is 5.91 Å². The van der Waals surface area contributed by atoms with Crippen molar-refractivity contribution in [1.82, 2.24) is 20.1 Å². The SMILES string of the molecule is O=C(NC(Cc1ccccc1)c1nnc(SCc2ccc(Cl)c(Cl)c2)n1-c1ccccc1)c1ccc(F)cc1. The molecule has 5 aromatic rings. The average molecular weight is 578 g/mol. The fourth-order valence-electron chi connectivity index (χ4n) is 4.10. The first-order valence-corrected chi connectivity index (χ1v) is 13.9. The number of para-hydroxylation sites is 1. The summed E-state index contributed by atoms with van der Waals surface area (Å²) in [6.07, 6.45) is 0.482. The Kier molecular flexibility index (Phi) is 8.61. The summed E-state index contributed by atoms with van der Waals surface area (Å²) in [4.78, 5) is 13.2. The number of aromatic nitrogens is 3. The Morgan fingerprint density at radius 2 is 1.54 bits per heavy atom. The molecule has 1 aromatic heterocycles. The summed E-state index contributed by atoms with van der Waals surface area (Å²) < 4.78 is 15.4. The highest BCUT2D eigenvalue weighted by molar-refractivity contribution is 7.98. The summed E-state index contributed by atoms with van der Waals surface area (Å²) in [6.45, 7) is 0. The largest absolute Gasteiger partial charge is 0.342 e. The molecule has 5 rings (SSSR count). The fourth-order valence-corrected chi connectivity index (χ4v) is 5.32. The molecule has 0 radical (unpaired) electrons. The molecule has 4 aromatic carbocycles. The van der Waals surface area contributed by atoms with Gasteiger partial charge in [0.2, 0.25) is 0 Å². The first-order valence-electron chi connectivity index (χ1n) is 12.2. The van der Waals surface area contributed by atoms with Crippen LogP contribution in [0.1, 0.15) is 33.4 Å². The van der Waals surface area contributed by atoms with Crippen molar-refractivity contribution in [1.29, 1.82) is 0 Å². The summed E-state index contributed by atoms with van der Waals surface area (Å²) in [5.41, 5.74) is 3.23. The lowest BCUT2D eigenvalue weighted by atomic mass is 10.0. The van der Waals surface area contributed by atoms with E-state index in [0.717, 1.165) is 16.8 Å². The van der Waals surface area contributed by atoms with Crippen LogP contribution in [-0.2, 0) is 12.2 Å². The van der Waals surface area contributed by atoms with E-state index in [0.29, 0.717) is 38.8 Å². The van der Waals surface area contributed by atoms with Gasteiger partial charge in [-0.15, -0.1) is 10.2 Å². The molecule has 0 bridgehead atoms. The minimum atomic E-state index is -0.517. The van der Waals surface area contributed by atoms with E-state index >= 15 is 0 Å². The highest BCUT2D eigenvalue weighted by Crippen LogP contribution is 2.31. The number of hydrogen-bond donors (Lipinski definition) is 1. The summed E-state index contributed by atoms with van der Waals surface area (Å²) in [6, 6.07) is 30.1. The van der Waals surface area contributed by atoms with Gasteiger partial charge in [-0.2, -0.15) is 0 Å². The molecule has 9 heteroatoms. The maximum atomic E-state index is 13.5. The molecule has 5 nitrogen and oxygen atoms in total. The molecule has 0 spiro atoms. The predicted molar refractivity (Wildman–Crippen MR) is 154 cm³/mol. The third kappa shape index (κ3) is 6.68. The van der Waals surface area contributed by atoms with E-state index in [9.17, 15) is 9.18 Å². The molecule has 0 saturated carbocycles. The van der Waals surface area contributed by atoms with Gasteiger partial charge >= 0.3 is 0 Å². The second kappa shape index (κ2) is 12.5. The van der Waals surface area contributed by atoms with Gasteiger partial charge in [-0.25, -0.2) is 4.39 Å². The molecule has 1 amide bonds. The van der Waals surface area contributed by atoms with Gasteiger partial charge in [-0.1, -0.05) is 89.6 Å². The van der Waals surface area contributed by atoms with Crippen LogP contribution in [0.5, 0.6) is 0 Å². The Hall–Kier alpha value is -3.65. The second-order valence-electron chi connectivity index (χ2n) is 8.77. The monoisotopic (exact) mass is 576 g/mol. The molecule has 1 atom stereocenters. The summed E-state index contributed by atoms with van der Waals surface area (Å²) in [5, 5.41) is 13.8. The lowest BCUT2D eigenvalue weighted by molar-refractivity contribution is 0.0934. The highest BCUT2D eigenvalue weighted by atomic mass is 35.5. The van der Waals surface area contributed by atoms with E-state index in [4.69, 9.17) is 23.2 Å². The van der Waals surface area contributed by atoms with Gasteiger partial charge in [0.25, 0.3) is 5.91 Å². The van der Waals surface area contributed by atoms with Crippen molar-refractivity contribution in [2.45, 2.75) is 23.4 Å². The van der Waals surface area contributed by atoms with Crippen LogP contribution in [0.25, 0.3) is 5.69 Å². The van der Waals surface area contributed by atoms with Crippen molar-refractivity contribution < 1.29 is 9.18 Å². The standard InChI is InChI=1S/C30H23Cl2FN4OS/c31-25-16-11-21(17-26(25)32)19-39-30-36-35-28(37(30)24-9-5-2-6-10-24)27(18-20-7-3-1-4-8-20)34-29(38)22-12-14-23(33)15-13-22/h1-17,27H,18-19H2,(H,34,38). The minimum absolute atomic E-state index is 0.330. The van der Waals surface area contributed by atoms with Crippen LogP contribution in [0.2, 0.25) is 10.0 Å². The van der Waals surface area contributed by atoms with E-state index < -0.39 is 11.9 Å². The lowest BCUT2D eigenvalue weighted by Crippen LogP contribution is -2.32. The van der Waals surface area contributed by atoms with Crippen LogP contribution in [0.15, 0.2) is 108 Å². The lowest BCUT2D eigenvalue weighted by Gasteiger charge is -2.20. The number of carbonyl (C=O) groups is 1. The van der Waals surface area contributed by atoms with E-state index in [1.54, 1.807) is 6.07 Å². The second-order valence-corrected chi connectivity index (χ2v) is 10.5. The molecule has 0 aliphatic carbocycles. The Morgan fingerprint density at radius 1 is 0.846 bits per heavy atom. The molecule has 0 aliphatic heterocycles. The number of benzene rings is 4. The first kappa shape index (κ1) is 26.9. The van der Waals surface area contributed by atoms with E-state index in [2.05, 4.69) is 15.5 Å². The van der Waals surface area contributed by atoms with Crippen LogP contribution in [0.4, 0.5) is 4.39 Å². The predicted octanol–water partition coefficient (Wildman–Crippen LogP) is 7.72. The Bertz CT molecular complexity index is 1560. The van der Waals surface area contributed by atoms with Crippen LogP contribution in [0, 0.1) is 5.82 Å². The molecule has 0 saturated heterocycles. The zero-order chi connectivity index (χ0) is 27.2. The molecule has 0 aliphatic rings. The summed E-state index contributed by atoms with van der Waals surface area (Å²) in [5.74, 6) is 0.438. The first-order chi connectivity index (χ1) is 19.0. The fraction of sp³-hybridized carbons (Fsp3) is 0.100. The van der Waals surface area contributed by atoms with Crippen LogP contribution >= 0.6 is 35.0 Å². The van der Waals surface area contributed by atoms with Crippen molar-refractivity contribution in [3.63, 3.8) is 0 Å². The zero-order valence-electron chi connectivity index (χ0n) is 20.6. The molecule has 1 heterocycles. The maximum Gasteiger partial charge on any atom is 0.251 e. The Labute approximate surface area is 240 Å². The molecule has 39 heavy (non-hydrogen) atoms. The zero-order valence-corrected chi connectivity index (χ0v) is 22.9. The van der Waals surface area contributed by atoms with Gasteiger partial charge in [0.1, 0.15) is 5.82 Å². The van der Waals surface area contributed by atoms with Crippen LogP contribution in [-0.4, -0.2) is 20.7 Å². The molecule has 1 N–H and O–H groups in total. The Balaban J connectivity index is 1.51. The number of carbonyl (C=O) groups excluding carboxylic acids is 1. The number of nitrogens with zero attached hydrogens (tertiary/aromatic N) is 3. The van der Waals surface area contributed by atoms with E-state index in [1.165, 1.54) is 36.0 Å². The molecular weight excluding hydrogens is 554 g/mol. The van der Waals surface area contributed by atoms with Crippen molar-refractivity contribution in [2.24, 2.45) is 0 Å². The van der Waals surface area contributed by atoms with Crippen molar-refractivity contribution in [3.05, 3.63) is 142 Å². The van der Waals surface area contributed by atoms with Crippen LogP contribution < -0.4 is 5.32 Å². The number of amides is 1. The topological polar surface area (TPSA) is 59.8 Å². The van der Waals surface area contributed by atoms with Gasteiger partial charge in [0.15, 0.2) is 11.0 Å². The van der Waals surface area contributed by atoms with Crippen molar-refractivity contribution in [3.8, 4) is 5.69 Å². The van der Waals surface area contributed by atoms with Gasteiger partial charge in [-0.3, -0.25) is 9.36 Å².